The lowest BCUT2D eigenvalue weighted by Gasteiger charge is -2.14. The Kier molecular flexibility index (Phi) is 6.35. The molecule has 25 heavy (non-hydrogen) atoms. The van der Waals surface area contributed by atoms with Gasteiger partial charge >= 0.3 is 11.7 Å². The molecule has 2 rings (SSSR count). The van der Waals surface area contributed by atoms with Crippen LogP contribution in [0.5, 0.6) is 0 Å². The maximum atomic E-state index is 12.2. The maximum absolute atomic E-state index is 12.2. The van der Waals surface area contributed by atoms with Crippen molar-refractivity contribution in [1.29, 1.82) is 0 Å². The number of carbonyl (C=O) groups excluding carboxylic acids is 2. The number of nitrogens with zero attached hydrogens (tertiary/aromatic N) is 1. The summed E-state index contributed by atoms with van der Waals surface area (Å²) in [6.45, 7) is 3.46. The van der Waals surface area contributed by atoms with E-state index in [1.807, 2.05) is 37.3 Å². The Labute approximate surface area is 149 Å². The van der Waals surface area contributed by atoms with Gasteiger partial charge in [0.2, 0.25) is 5.91 Å². The molecule has 132 valence electrons. The highest BCUT2D eigenvalue weighted by Crippen LogP contribution is 2.22. The largest absolute Gasteiger partial charge is 0.465 e. The zero-order valence-corrected chi connectivity index (χ0v) is 15.0. The monoisotopic (exact) mass is 361 g/mol. The number of ether oxygens (including phenoxy) is 1. The van der Waals surface area contributed by atoms with Crippen LogP contribution in [0.2, 0.25) is 0 Å². The summed E-state index contributed by atoms with van der Waals surface area (Å²) in [7, 11) is 1.25. The van der Waals surface area contributed by atoms with E-state index in [-0.39, 0.29) is 28.3 Å². The highest BCUT2D eigenvalue weighted by atomic mass is 32.2. The van der Waals surface area contributed by atoms with Crippen molar-refractivity contribution in [2.75, 3.05) is 12.9 Å². The van der Waals surface area contributed by atoms with Crippen molar-refractivity contribution in [3.05, 3.63) is 57.6 Å². The molecule has 0 aliphatic rings. The molecule has 1 aromatic heterocycles. The molecule has 8 heteroatoms. The molecular weight excluding hydrogens is 342 g/mol. The van der Waals surface area contributed by atoms with Gasteiger partial charge in [0.15, 0.2) is 0 Å². The van der Waals surface area contributed by atoms with Gasteiger partial charge in [0.25, 0.3) is 0 Å². The molecule has 0 saturated carbocycles. The summed E-state index contributed by atoms with van der Waals surface area (Å²) in [4.78, 5) is 41.8. The number of aromatic amines is 1. The topological polar surface area (TPSA) is 101 Å². The first-order valence-electron chi connectivity index (χ1n) is 7.58. The third-order valence-electron chi connectivity index (χ3n) is 3.49. The fraction of sp³-hybridized carbons (Fsp3) is 0.294. The first kappa shape index (κ1) is 18.7. The highest BCUT2D eigenvalue weighted by Gasteiger charge is 2.19. The Morgan fingerprint density at radius 3 is 2.64 bits per heavy atom. The molecule has 7 nitrogen and oxygen atoms in total. The summed E-state index contributed by atoms with van der Waals surface area (Å²) in [6, 6.07) is 9.41. The SMILES string of the molecule is COC(=O)c1c(SCC(=O)N[C@@H](C)c2ccccc2)nc(=O)[nH]c1C. The van der Waals surface area contributed by atoms with Crippen LogP contribution in [0.3, 0.4) is 0 Å². The van der Waals surface area contributed by atoms with Crippen LogP contribution in [0.1, 0.15) is 34.6 Å². The zero-order valence-electron chi connectivity index (χ0n) is 14.2. The Balaban J connectivity index is 2.07. The number of thioether (sulfide) groups is 1. The number of nitrogens with one attached hydrogen (secondary N) is 2. The summed E-state index contributed by atoms with van der Waals surface area (Å²) >= 11 is 1.02. The number of H-pyrrole nitrogens is 1. The quantitative estimate of drug-likeness (QED) is 0.462. The Bertz CT molecular complexity index is 820. The molecule has 0 aliphatic carbocycles. The van der Waals surface area contributed by atoms with Gasteiger partial charge in [0.1, 0.15) is 10.6 Å². The number of amides is 1. The van der Waals surface area contributed by atoms with Gasteiger partial charge < -0.3 is 15.0 Å². The van der Waals surface area contributed by atoms with Crippen molar-refractivity contribution in [3.63, 3.8) is 0 Å². The van der Waals surface area contributed by atoms with Crippen molar-refractivity contribution in [2.24, 2.45) is 0 Å². The third kappa shape index (κ3) is 4.93. The lowest BCUT2D eigenvalue weighted by Crippen LogP contribution is -2.28. The van der Waals surface area contributed by atoms with E-state index < -0.39 is 11.7 Å². The van der Waals surface area contributed by atoms with Crippen LogP contribution in [0, 0.1) is 6.92 Å². The number of esters is 1. The van der Waals surface area contributed by atoms with Gasteiger partial charge in [-0.3, -0.25) is 4.79 Å². The molecule has 0 aliphatic heterocycles. The first-order valence-corrected chi connectivity index (χ1v) is 8.57. The van der Waals surface area contributed by atoms with Gasteiger partial charge in [-0.05, 0) is 19.4 Å². The van der Waals surface area contributed by atoms with Gasteiger partial charge in [0, 0.05) is 5.69 Å². The number of methoxy groups -OCH3 is 1. The van der Waals surface area contributed by atoms with Gasteiger partial charge in [-0.2, -0.15) is 4.98 Å². The predicted octanol–water partition coefficient (Wildman–Crippen LogP) is 1.83. The first-order chi connectivity index (χ1) is 11.9. The van der Waals surface area contributed by atoms with Crippen molar-refractivity contribution >= 4 is 23.6 Å². The maximum Gasteiger partial charge on any atom is 0.346 e. The van der Waals surface area contributed by atoms with Gasteiger partial charge in [-0.15, -0.1) is 0 Å². The molecule has 0 unspecified atom stereocenters. The number of hydrogen-bond acceptors (Lipinski definition) is 6. The summed E-state index contributed by atoms with van der Waals surface area (Å²) in [5, 5.41) is 3.05. The van der Waals surface area contributed by atoms with Crippen LogP contribution in [-0.2, 0) is 9.53 Å². The second kappa shape index (κ2) is 8.48. The molecule has 0 saturated heterocycles. The third-order valence-corrected chi connectivity index (χ3v) is 4.47. The standard InChI is InChI=1S/C17H19N3O4S/c1-10(12-7-5-4-6-8-12)18-13(21)9-25-15-14(16(22)24-3)11(2)19-17(23)20-15/h4-8,10H,9H2,1-3H3,(H,18,21)(H,19,20,23)/t10-/m0/s1. The van der Waals surface area contributed by atoms with E-state index in [1.54, 1.807) is 6.92 Å². The van der Waals surface area contributed by atoms with E-state index in [0.29, 0.717) is 5.69 Å². The molecule has 0 fully saturated rings. The lowest BCUT2D eigenvalue weighted by molar-refractivity contribution is -0.119. The van der Waals surface area contributed by atoms with Crippen LogP contribution in [0.15, 0.2) is 40.2 Å². The fourth-order valence-corrected chi connectivity index (χ4v) is 3.13. The van der Waals surface area contributed by atoms with E-state index in [9.17, 15) is 14.4 Å². The molecule has 0 radical (unpaired) electrons. The van der Waals surface area contributed by atoms with Crippen molar-refractivity contribution in [1.82, 2.24) is 15.3 Å². The smallest absolute Gasteiger partial charge is 0.346 e. The van der Waals surface area contributed by atoms with Crippen molar-refractivity contribution in [3.8, 4) is 0 Å². The van der Waals surface area contributed by atoms with Crippen molar-refractivity contribution < 1.29 is 14.3 Å². The van der Waals surface area contributed by atoms with E-state index in [1.165, 1.54) is 7.11 Å². The van der Waals surface area contributed by atoms with Crippen LogP contribution in [0.25, 0.3) is 0 Å². The predicted molar refractivity (Wildman–Crippen MR) is 94.7 cm³/mol. The highest BCUT2D eigenvalue weighted by molar-refractivity contribution is 8.00. The van der Waals surface area contributed by atoms with Crippen LogP contribution in [0.4, 0.5) is 0 Å². The summed E-state index contributed by atoms with van der Waals surface area (Å²) in [6.07, 6.45) is 0. The fourth-order valence-electron chi connectivity index (χ4n) is 2.25. The van der Waals surface area contributed by atoms with Gasteiger partial charge in [-0.1, -0.05) is 42.1 Å². The minimum absolute atomic E-state index is 0.0249. The van der Waals surface area contributed by atoms with E-state index in [2.05, 4.69) is 15.3 Å². The van der Waals surface area contributed by atoms with E-state index in [0.717, 1.165) is 17.3 Å². The molecular formula is C17H19N3O4S. The number of rotatable bonds is 6. The molecule has 2 aromatic rings. The summed E-state index contributed by atoms with van der Waals surface area (Å²) in [5.74, 6) is -0.810. The van der Waals surface area contributed by atoms with E-state index >= 15 is 0 Å². The molecule has 1 amide bonds. The number of aromatic nitrogens is 2. The minimum atomic E-state index is -0.609. The number of benzene rings is 1. The molecule has 0 spiro atoms. The molecule has 0 bridgehead atoms. The van der Waals surface area contributed by atoms with Gasteiger partial charge in [0.05, 0.1) is 18.9 Å². The average molecular weight is 361 g/mol. The number of carbonyl (C=O) groups is 2. The Hall–Kier alpha value is -2.61. The van der Waals surface area contributed by atoms with Crippen LogP contribution < -0.4 is 11.0 Å². The normalized spacial score (nSPS) is 11.6. The zero-order chi connectivity index (χ0) is 18.4. The summed E-state index contributed by atoms with van der Waals surface area (Å²) < 4.78 is 4.71. The van der Waals surface area contributed by atoms with Gasteiger partial charge in [-0.25, -0.2) is 9.59 Å². The minimum Gasteiger partial charge on any atom is -0.465 e. The lowest BCUT2D eigenvalue weighted by atomic mass is 10.1. The molecule has 1 atom stereocenters. The van der Waals surface area contributed by atoms with Crippen LogP contribution in [-0.4, -0.2) is 34.7 Å². The number of hydrogen-bond donors (Lipinski definition) is 2. The molecule has 1 heterocycles. The molecule has 1 aromatic carbocycles. The Morgan fingerprint density at radius 2 is 2.00 bits per heavy atom. The van der Waals surface area contributed by atoms with E-state index in [4.69, 9.17) is 4.74 Å². The summed E-state index contributed by atoms with van der Waals surface area (Å²) in [5.41, 5.74) is 0.926. The van der Waals surface area contributed by atoms with Crippen LogP contribution >= 0.6 is 11.8 Å². The van der Waals surface area contributed by atoms with Crippen molar-refractivity contribution in [2.45, 2.75) is 24.9 Å². The average Bonchev–Trinajstić information content (AvgIpc) is 2.59. The molecule has 2 N–H and O–H groups in total. The second-order valence-electron chi connectivity index (χ2n) is 5.33. The second-order valence-corrected chi connectivity index (χ2v) is 6.29. The number of aryl methyl sites for hydroxylation is 1. The Morgan fingerprint density at radius 1 is 1.32 bits per heavy atom.